The first kappa shape index (κ1) is 21.3. The van der Waals surface area contributed by atoms with Crippen LogP contribution < -0.4 is 0 Å². The molecule has 2 rings (SSSR count). The SMILES string of the molecule is O=C(C(F)(F)F)C(F)(F)F.Oc1ccccc1.Oc1ccccc1. The lowest BCUT2D eigenvalue weighted by Crippen LogP contribution is -2.36. The summed E-state index contributed by atoms with van der Waals surface area (Å²) in [5, 5.41) is 17.3. The number of halogens is 6. The van der Waals surface area contributed by atoms with Crippen LogP contribution >= 0.6 is 0 Å². The normalized spacial score (nSPS) is 10.6. The smallest absolute Gasteiger partial charge is 0.459 e. The van der Waals surface area contributed by atoms with E-state index in [9.17, 15) is 31.1 Å². The van der Waals surface area contributed by atoms with Crippen LogP contribution in [0.2, 0.25) is 0 Å². The maximum Gasteiger partial charge on any atom is 0.459 e. The van der Waals surface area contributed by atoms with Crippen LogP contribution in [0.15, 0.2) is 60.7 Å². The summed E-state index contributed by atoms with van der Waals surface area (Å²) in [6, 6.07) is 17.4. The second kappa shape index (κ2) is 9.43. The highest BCUT2D eigenvalue weighted by Gasteiger charge is 2.55. The third kappa shape index (κ3) is 10.1. The molecule has 0 aliphatic rings. The first-order chi connectivity index (χ1) is 10.9. The predicted molar refractivity (Wildman–Crippen MR) is 73.3 cm³/mol. The van der Waals surface area contributed by atoms with Crippen molar-refractivity contribution in [2.24, 2.45) is 0 Å². The number of Topliss-reactive ketones (excluding diaryl/α,β-unsaturated/α-hetero) is 1. The van der Waals surface area contributed by atoms with Crippen LogP contribution in [-0.4, -0.2) is 28.3 Å². The molecule has 3 nitrogen and oxygen atoms in total. The zero-order valence-electron chi connectivity index (χ0n) is 11.8. The lowest BCUT2D eigenvalue weighted by molar-refractivity contribution is -0.217. The van der Waals surface area contributed by atoms with Gasteiger partial charge in [-0.15, -0.1) is 0 Å². The Morgan fingerprint density at radius 3 is 0.958 bits per heavy atom. The monoisotopic (exact) mass is 354 g/mol. The third-order valence-electron chi connectivity index (χ3n) is 2.03. The fourth-order valence-electron chi connectivity index (χ4n) is 1.02. The van der Waals surface area contributed by atoms with Gasteiger partial charge in [0.2, 0.25) is 0 Å². The van der Waals surface area contributed by atoms with Crippen LogP contribution in [0.25, 0.3) is 0 Å². The number of rotatable bonds is 0. The van der Waals surface area contributed by atoms with Gasteiger partial charge in [-0.1, -0.05) is 36.4 Å². The first-order valence-corrected chi connectivity index (χ1v) is 6.11. The summed E-state index contributed by atoms with van der Waals surface area (Å²) in [6.45, 7) is 0. The topological polar surface area (TPSA) is 57.5 Å². The molecule has 0 bridgehead atoms. The third-order valence-corrected chi connectivity index (χ3v) is 2.03. The molecule has 132 valence electrons. The van der Waals surface area contributed by atoms with E-state index >= 15 is 0 Å². The Morgan fingerprint density at radius 2 is 0.875 bits per heavy atom. The van der Waals surface area contributed by atoms with Crippen LogP contribution in [0.3, 0.4) is 0 Å². The standard InChI is InChI=1S/2C6H6O.C3F6O/c2*7-6-4-2-1-3-5-6;4-2(5,6)1(10)3(7,8)9/h2*1-5,7H;. The van der Waals surface area contributed by atoms with E-state index in [4.69, 9.17) is 10.2 Å². The minimum absolute atomic E-state index is 0.322. The highest BCUT2D eigenvalue weighted by atomic mass is 19.4. The van der Waals surface area contributed by atoms with Crippen molar-refractivity contribution >= 4 is 5.78 Å². The van der Waals surface area contributed by atoms with Crippen molar-refractivity contribution in [3.05, 3.63) is 60.7 Å². The van der Waals surface area contributed by atoms with Gasteiger partial charge in [0.25, 0.3) is 0 Å². The number of aromatic hydroxyl groups is 2. The van der Waals surface area contributed by atoms with Crippen molar-refractivity contribution < 1.29 is 41.4 Å². The van der Waals surface area contributed by atoms with E-state index in [1.807, 2.05) is 12.1 Å². The summed E-state index contributed by atoms with van der Waals surface area (Å²) in [5.41, 5.74) is 0. The summed E-state index contributed by atoms with van der Waals surface area (Å²) in [5.74, 6) is -3.04. The van der Waals surface area contributed by atoms with Gasteiger partial charge in [-0.2, -0.15) is 26.3 Å². The average Bonchev–Trinajstić information content (AvgIpc) is 2.47. The zero-order valence-corrected chi connectivity index (χ0v) is 11.8. The van der Waals surface area contributed by atoms with Gasteiger partial charge in [0.15, 0.2) is 0 Å². The molecule has 0 aliphatic heterocycles. The number of phenolic OH excluding ortho intramolecular Hbond substituents is 2. The number of benzene rings is 2. The number of ketones is 1. The molecule has 0 saturated heterocycles. The van der Waals surface area contributed by atoms with Crippen LogP contribution in [-0.2, 0) is 4.79 Å². The zero-order chi connectivity index (χ0) is 18.8. The number of phenols is 2. The van der Waals surface area contributed by atoms with Crippen molar-refractivity contribution in [1.82, 2.24) is 0 Å². The highest BCUT2D eigenvalue weighted by molar-refractivity contribution is 5.89. The van der Waals surface area contributed by atoms with Crippen LogP contribution in [0.4, 0.5) is 26.3 Å². The maximum atomic E-state index is 10.9. The molecule has 2 aromatic rings. The molecule has 0 unspecified atom stereocenters. The summed E-state index contributed by atoms with van der Waals surface area (Å²) >= 11 is 0. The first-order valence-electron chi connectivity index (χ1n) is 6.11. The van der Waals surface area contributed by atoms with Crippen molar-refractivity contribution in [3.8, 4) is 11.5 Å². The van der Waals surface area contributed by atoms with Crippen molar-refractivity contribution in [2.75, 3.05) is 0 Å². The molecule has 0 radical (unpaired) electrons. The Labute approximate surface area is 132 Å². The van der Waals surface area contributed by atoms with Crippen LogP contribution in [0, 0.1) is 0 Å². The minimum atomic E-state index is -5.82. The highest BCUT2D eigenvalue weighted by Crippen LogP contribution is 2.28. The Kier molecular flexibility index (Phi) is 8.37. The molecular formula is C15H12F6O3. The van der Waals surface area contributed by atoms with Crippen LogP contribution in [0.5, 0.6) is 11.5 Å². The fraction of sp³-hybridized carbons (Fsp3) is 0.133. The lowest BCUT2D eigenvalue weighted by atomic mass is 10.3. The Hall–Kier alpha value is -2.71. The summed E-state index contributed by atoms with van der Waals surface area (Å²) < 4.78 is 65.3. The predicted octanol–water partition coefficient (Wildman–Crippen LogP) is 4.46. The van der Waals surface area contributed by atoms with E-state index in [1.165, 1.54) is 0 Å². The molecule has 0 heterocycles. The van der Waals surface area contributed by atoms with Gasteiger partial charge in [-0.3, -0.25) is 4.79 Å². The van der Waals surface area contributed by atoms with Crippen molar-refractivity contribution in [2.45, 2.75) is 12.4 Å². The quantitative estimate of drug-likeness (QED) is 0.687. The van der Waals surface area contributed by atoms with E-state index < -0.39 is 18.1 Å². The molecule has 0 amide bonds. The molecule has 0 fully saturated rings. The summed E-state index contributed by atoms with van der Waals surface area (Å²) in [4.78, 5) is 9.24. The van der Waals surface area contributed by atoms with Gasteiger partial charge in [0.05, 0.1) is 0 Å². The second-order valence-corrected chi connectivity index (χ2v) is 4.00. The number of hydrogen-bond acceptors (Lipinski definition) is 3. The molecule has 0 aliphatic carbocycles. The molecule has 24 heavy (non-hydrogen) atoms. The molecular weight excluding hydrogens is 342 g/mol. The molecule has 9 heteroatoms. The van der Waals surface area contributed by atoms with E-state index in [1.54, 1.807) is 48.5 Å². The van der Waals surface area contributed by atoms with Gasteiger partial charge < -0.3 is 10.2 Å². The molecule has 0 aromatic heterocycles. The molecule has 0 saturated carbocycles. The number of alkyl halides is 6. The van der Waals surface area contributed by atoms with E-state index in [2.05, 4.69) is 0 Å². The maximum absolute atomic E-state index is 10.9. The van der Waals surface area contributed by atoms with Gasteiger partial charge in [0, 0.05) is 0 Å². The molecule has 2 N–H and O–H groups in total. The Morgan fingerprint density at radius 1 is 0.625 bits per heavy atom. The summed E-state index contributed by atoms with van der Waals surface area (Å²) in [7, 11) is 0. The van der Waals surface area contributed by atoms with Crippen LogP contribution in [0.1, 0.15) is 0 Å². The number of carbonyl (C=O) groups is 1. The number of para-hydroxylation sites is 2. The lowest BCUT2D eigenvalue weighted by Gasteiger charge is -2.06. The van der Waals surface area contributed by atoms with Gasteiger partial charge in [-0.25, -0.2) is 0 Å². The number of hydrogen-bond donors (Lipinski definition) is 2. The molecule has 0 atom stereocenters. The average molecular weight is 354 g/mol. The second-order valence-electron chi connectivity index (χ2n) is 4.00. The van der Waals surface area contributed by atoms with E-state index in [0.29, 0.717) is 11.5 Å². The van der Waals surface area contributed by atoms with Gasteiger partial charge in [0.1, 0.15) is 11.5 Å². The largest absolute Gasteiger partial charge is 0.508 e. The minimum Gasteiger partial charge on any atom is -0.508 e. The molecule has 2 aromatic carbocycles. The van der Waals surface area contributed by atoms with Crippen molar-refractivity contribution in [1.29, 1.82) is 0 Å². The number of carbonyl (C=O) groups excluding carboxylic acids is 1. The molecule has 0 spiro atoms. The van der Waals surface area contributed by atoms with Gasteiger partial charge >= 0.3 is 18.1 Å². The van der Waals surface area contributed by atoms with Gasteiger partial charge in [-0.05, 0) is 24.3 Å². The van der Waals surface area contributed by atoms with E-state index in [-0.39, 0.29) is 0 Å². The Balaban J connectivity index is 0.000000337. The summed E-state index contributed by atoms with van der Waals surface area (Å²) in [6.07, 6.45) is -11.6. The van der Waals surface area contributed by atoms with E-state index in [0.717, 1.165) is 0 Å². The Bertz CT molecular complexity index is 541. The van der Waals surface area contributed by atoms with Crippen molar-refractivity contribution in [3.63, 3.8) is 0 Å². The fourth-order valence-corrected chi connectivity index (χ4v) is 1.02.